The fourth-order valence-corrected chi connectivity index (χ4v) is 11.6. The molecule has 3 aliphatic carbocycles. The number of anilines is 2. The van der Waals surface area contributed by atoms with Crippen LogP contribution in [0.5, 0.6) is 0 Å². The second-order valence-electron chi connectivity index (χ2n) is 17.9. The summed E-state index contributed by atoms with van der Waals surface area (Å²) in [5.41, 5.74) is -3.28. The minimum Gasteiger partial charge on any atom is -0.344 e. The number of fused-ring (bicyclic) bond motifs is 5. The third-order valence-corrected chi connectivity index (χ3v) is 16.3. The van der Waals surface area contributed by atoms with Crippen LogP contribution in [-0.2, 0) is 50.3 Å². The van der Waals surface area contributed by atoms with Crippen LogP contribution < -0.4 is 19.9 Å². The number of benzene rings is 4. The molecule has 0 spiro atoms. The lowest BCUT2D eigenvalue weighted by Gasteiger charge is -2.24. The van der Waals surface area contributed by atoms with Gasteiger partial charge in [-0.25, -0.2) is 48.2 Å². The molecule has 2 N–H and O–H groups in total. The van der Waals surface area contributed by atoms with Gasteiger partial charge in [-0.1, -0.05) is 35.9 Å². The van der Waals surface area contributed by atoms with E-state index >= 15 is 13.6 Å². The third kappa shape index (κ3) is 8.71. The topological polar surface area (TPSA) is 183 Å². The van der Waals surface area contributed by atoms with Crippen LogP contribution in [-0.4, -0.2) is 76.8 Å². The quantitative estimate of drug-likeness (QED) is 0.0899. The molecule has 378 valence electrons. The lowest BCUT2D eigenvalue weighted by atomic mass is 10.0. The molecule has 72 heavy (non-hydrogen) atoms. The van der Waals surface area contributed by atoms with Gasteiger partial charge in [0.05, 0.1) is 55.8 Å². The van der Waals surface area contributed by atoms with Crippen LogP contribution in [0.15, 0.2) is 77.6 Å². The Bertz CT molecular complexity index is 3680. The van der Waals surface area contributed by atoms with Crippen molar-refractivity contribution in [3.8, 4) is 16.8 Å². The first-order valence-corrected chi connectivity index (χ1v) is 25.8. The number of hydrogen-bond donors (Lipinski definition) is 2. The standard InChI is InChI=1S/C46H38ClF8N9O6S2/c1-61(71(2,67)68)33-6-4-3-5-26(33)22-7-10-27-31(16-22)57-44(64(45(27)66)34-12-11-30(47)38-40(34)62(19-35(50)51)59-43(38)60-72(69,70)25-8-9-25)32(15-21-13-23(48)17-24(49)14-21)56-36(65)20-63-41-37(39(58-63)42(52)53)28-18-29(28)46(41,54)55/h3-7,10-14,16-17,25,28-29,32,35,42H,8-9,15,18-20H2,1-2H3,(H,56,65)(H,59,60)/t28-,29+,32-/m0/s1. The Labute approximate surface area is 408 Å². The number of rotatable bonds is 16. The second kappa shape index (κ2) is 17.6. The van der Waals surface area contributed by atoms with Gasteiger partial charge in [0, 0.05) is 36.6 Å². The Morgan fingerprint density at radius 1 is 0.944 bits per heavy atom. The van der Waals surface area contributed by atoms with Crippen LogP contribution in [0.2, 0.25) is 5.02 Å². The average Bonchev–Trinajstić information content (AvgIpc) is 4.22. The molecule has 4 aromatic carbocycles. The molecule has 7 aromatic rings. The van der Waals surface area contributed by atoms with Gasteiger partial charge in [0.25, 0.3) is 24.3 Å². The summed E-state index contributed by atoms with van der Waals surface area (Å²) in [5, 5.41) is 9.01. The molecule has 0 unspecified atom stereocenters. The predicted molar refractivity (Wildman–Crippen MR) is 249 cm³/mol. The van der Waals surface area contributed by atoms with Crippen molar-refractivity contribution in [2.45, 2.75) is 74.8 Å². The van der Waals surface area contributed by atoms with E-state index in [1.165, 1.54) is 43.4 Å². The van der Waals surface area contributed by atoms with Crippen LogP contribution in [0, 0.1) is 17.6 Å². The maximum absolute atomic E-state index is 15.7. The van der Waals surface area contributed by atoms with Crippen molar-refractivity contribution in [3.63, 3.8) is 0 Å². The molecular weight excluding hydrogens is 1030 g/mol. The summed E-state index contributed by atoms with van der Waals surface area (Å²) in [7, 11) is -6.65. The minimum atomic E-state index is -4.13. The molecular formula is C46H38ClF8N9O6S2. The van der Waals surface area contributed by atoms with E-state index in [4.69, 9.17) is 16.6 Å². The van der Waals surface area contributed by atoms with Gasteiger partial charge in [0.2, 0.25) is 26.0 Å². The number of carbonyl (C=O) groups excluding carboxylic acids is 1. The number of amides is 1. The van der Waals surface area contributed by atoms with Crippen molar-refractivity contribution >= 4 is 70.9 Å². The van der Waals surface area contributed by atoms with Gasteiger partial charge in [0.15, 0.2) is 5.82 Å². The van der Waals surface area contributed by atoms with Gasteiger partial charge >= 0.3 is 0 Å². The van der Waals surface area contributed by atoms with E-state index in [0.29, 0.717) is 39.4 Å². The smallest absolute Gasteiger partial charge is 0.293 e. The van der Waals surface area contributed by atoms with Gasteiger partial charge < -0.3 is 5.32 Å². The highest BCUT2D eigenvalue weighted by atomic mass is 35.5. The molecule has 2 saturated carbocycles. The third-order valence-electron chi connectivity index (χ3n) is 13.0. The molecule has 3 aromatic heterocycles. The van der Waals surface area contributed by atoms with Crippen LogP contribution >= 0.6 is 11.6 Å². The van der Waals surface area contributed by atoms with Crippen LogP contribution in [0.4, 0.5) is 46.6 Å². The maximum Gasteiger partial charge on any atom is 0.293 e. The second-order valence-corrected chi connectivity index (χ2v) is 22.3. The van der Waals surface area contributed by atoms with Crippen molar-refractivity contribution in [1.29, 1.82) is 0 Å². The van der Waals surface area contributed by atoms with Crippen molar-refractivity contribution in [3.05, 3.63) is 128 Å². The highest BCUT2D eigenvalue weighted by molar-refractivity contribution is 7.93. The lowest BCUT2D eigenvalue weighted by molar-refractivity contribution is -0.123. The Morgan fingerprint density at radius 3 is 2.32 bits per heavy atom. The molecule has 3 heterocycles. The first kappa shape index (κ1) is 49.0. The summed E-state index contributed by atoms with van der Waals surface area (Å²) in [5.74, 6) is -10.2. The van der Waals surface area contributed by atoms with Gasteiger partial charge in [-0.15, -0.1) is 0 Å². The first-order valence-electron chi connectivity index (χ1n) is 22.0. The molecule has 3 aliphatic rings. The highest BCUT2D eigenvalue weighted by Gasteiger charge is 2.67. The molecule has 0 radical (unpaired) electrons. The average molecular weight is 1060 g/mol. The molecule has 26 heteroatoms. The molecule has 2 fully saturated rings. The van der Waals surface area contributed by atoms with Crippen molar-refractivity contribution in [2.75, 3.05) is 22.3 Å². The number of aromatic nitrogens is 6. The zero-order chi connectivity index (χ0) is 51.5. The molecule has 10 rings (SSSR count). The molecule has 15 nitrogen and oxygen atoms in total. The molecule has 1 amide bonds. The number of nitrogens with zero attached hydrogens (tertiary/aromatic N) is 7. The monoisotopic (exact) mass is 1060 g/mol. The van der Waals surface area contributed by atoms with E-state index in [2.05, 4.69) is 20.2 Å². The summed E-state index contributed by atoms with van der Waals surface area (Å²) in [6, 6.07) is 13.5. The van der Waals surface area contributed by atoms with E-state index in [1.807, 2.05) is 0 Å². The minimum absolute atomic E-state index is 0.0706. The predicted octanol–water partition coefficient (Wildman–Crippen LogP) is 8.34. The van der Waals surface area contributed by atoms with Crippen LogP contribution in [0.1, 0.15) is 66.0 Å². The molecule has 0 saturated heterocycles. The number of halogens is 9. The van der Waals surface area contributed by atoms with Crippen LogP contribution in [0.3, 0.4) is 0 Å². The zero-order valence-electron chi connectivity index (χ0n) is 37.4. The van der Waals surface area contributed by atoms with Gasteiger partial charge in [0.1, 0.15) is 41.9 Å². The van der Waals surface area contributed by atoms with Gasteiger partial charge in [-0.2, -0.15) is 19.0 Å². The van der Waals surface area contributed by atoms with Crippen molar-refractivity contribution < 1.29 is 56.8 Å². The fraction of sp³-hybridized carbons (Fsp3) is 0.326. The van der Waals surface area contributed by atoms with Crippen molar-refractivity contribution in [1.82, 2.24) is 34.4 Å². The normalized spacial score (nSPS) is 17.7. The summed E-state index contributed by atoms with van der Waals surface area (Å²) in [4.78, 5) is 34.5. The Kier molecular flexibility index (Phi) is 12.0. The lowest BCUT2D eigenvalue weighted by Crippen LogP contribution is -2.38. The Balaban J connectivity index is 1.21. The van der Waals surface area contributed by atoms with E-state index in [1.54, 1.807) is 18.2 Å². The Hall–Kier alpha value is -6.60. The summed E-state index contributed by atoms with van der Waals surface area (Å²) >= 11 is 6.69. The number of sulfonamides is 2. The van der Waals surface area contributed by atoms with Gasteiger partial charge in [-0.3, -0.25) is 32.5 Å². The number of para-hydroxylation sites is 1. The van der Waals surface area contributed by atoms with Gasteiger partial charge in [-0.05, 0) is 78.8 Å². The summed E-state index contributed by atoms with van der Waals surface area (Å²) < 4.78 is 176. The number of alkyl halides is 6. The zero-order valence-corrected chi connectivity index (χ0v) is 39.8. The fourth-order valence-electron chi connectivity index (χ4n) is 9.51. The first-order chi connectivity index (χ1) is 33.9. The molecule has 0 aliphatic heterocycles. The van der Waals surface area contributed by atoms with Crippen LogP contribution in [0.25, 0.3) is 38.6 Å². The van der Waals surface area contributed by atoms with E-state index in [-0.39, 0.29) is 55.8 Å². The van der Waals surface area contributed by atoms with E-state index in [0.717, 1.165) is 27.3 Å². The highest BCUT2D eigenvalue weighted by Crippen LogP contribution is 2.68. The largest absolute Gasteiger partial charge is 0.344 e. The molecule has 0 bridgehead atoms. The number of hydrogen-bond acceptors (Lipinski definition) is 9. The number of nitrogens with one attached hydrogen (secondary N) is 2. The SMILES string of the molecule is CN(c1ccccc1-c1ccc2c(=O)n(-c3ccc(Cl)c4c(NS(=O)(=O)C5CC5)nn(CC(F)F)c34)c([C@H](Cc3cc(F)cc(F)c3)NC(=O)Cn3nc(C(F)F)c4c3C(F)(F)[C@@H]3C[C@H]43)nc2c1)S(C)(=O)=O. The van der Waals surface area contributed by atoms with E-state index in [9.17, 15) is 48.0 Å². The van der Waals surface area contributed by atoms with E-state index < -0.39 is 128 Å². The molecule has 3 atom stereocenters. The summed E-state index contributed by atoms with van der Waals surface area (Å²) in [6.07, 6.45) is -5.54. The van der Waals surface area contributed by atoms with Crippen molar-refractivity contribution in [2.24, 2.45) is 5.92 Å². The Morgan fingerprint density at radius 2 is 1.65 bits per heavy atom. The maximum atomic E-state index is 15.7. The number of carbonyl (C=O) groups is 1. The summed E-state index contributed by atoms with van der Waals surface area (Å²) in [6.45, 7) is -2.30.